The van der Waals surface area contributed by atoms with E-state index in [1.807, 2.05) is 0 Å². The van der Waals surface area contributed by atoms with Gasteiger partial charge >= 0.3 is 0 Å². The van der Waals surface area contributed by atoms with E-state index < -0.39 is 0 Å². The molecule has 2 rings (SSSR count). The highest BCUT2D eigenvalue weighted by molar-refractivity contribution is 9.11. The largest absolute Gasteiger partial charge is 0.326 e. The third kappa shape index (κ3) is 3.01. The van der Waals surface area contributed by atoms with Crippen LogP contribution in [0.2, 0.25) is 0 Å². The van der Waals surface area contributed by atoms with Crippen molar-refractivity contribution >= 4 is 27.3 Å². The highest BCUT2D eigenvalue weighted by atomic mass is 79.9. The smallest absolute Gasteiger partial charge is 0.0702 e. The standard InChI is InChI=1S/C14H17BrN2S/c1-17(2)14(12-6-7-13(15)18-12)11-5-3-4-10(8-11)9-16/h3-8,14H,9,16H2,1-2H3. The third-order valence-corrected chi connectivity index (χ3v) is 4.56. The molecule has 18 heavy (non-hydrogen) atoms. The fourth-order valence-electron chi connectivity index (χ4n) is 2.08. The van der Waals surface area contributed by atoms with Gasteiger partial charge in [-0.1, -0.05) is 24.3 Å². The van der Waals surface area contributed by atoms with Gasteiger partial charge in [0.2, 0.25) is 0 Å². The van der Waals surface area contributed by atoms with E-state index in [0.717, 1.165) is 0 Å². The second-order valence-electron chi connectivity index (χ2n) is 4.46. The van der Waals surface area contributed by atoms with Crippen LogP contribution >= 0.6 is 27.3 Å². The molecule has 96 valence electrons. The number of rotatable bonds is 4. The molecule has 0 saturated carbocycles. The van der Waals surface area contributed by atoms with Gasteiger partial charge in [0.1, 0.15) is 0 Å². The maximum Gasteiger partial charge on any atom is 0.0702 e. The maximum atomic E-state index is 5.72. The maximum absolute atomic E-state index is 5.72. The van der Waals surface area contributed by atoms with E-state index in [1.54, 1.807) is 11.3 Å². The first-order chi connectivity index (χ1) is 8.61. The molecule has 1 aromatic carbocycles. The Labute approximate surface area is 121 Å². The number of nitrogens with two attached hydrogens (primary N) is 1. The molecule has 0 fully saturated rings. The molecule has 1 atom stereocenters. The Morgan fingerprint density at radius 1 is 1.28 bits per heavy atom. The van der Waals surface area contributed by atoms with Gasteiger partial charge in [-0.05, 0) is 53.3 Å². The Kier molecular flexibility index (Phi) is 4.56. The van der Waals surface area contributed by atoms with E-state index >= 15 is 0 Å². The van der Waals surface area contributed by atoms with Crippen molar-refractivity contribution in [3.63, 3.8) is 0 Å². The van der Waals surface area contributed by atoms with E-state index in [0.29, 0.717) is 6.54 Å². The topological polar surface area (TPSA) is 29.3 Å². The Morgan fingerprint density at radius 2 is 2.06 bits per heavy atom. The van der Waals surface area contributed by atoms with E-state index in [2.05, 4.69) is 71.3 Å². The average molecular weight is 325 g/mol. The number of halogens is 1. The highest BCUT2D eigenvalue weighted by Gasteiger charge is 2.18. The lowest BCUT2D eigenvalue weighted by Crippen LogP contribution is -2.20. The zero-order valence-electron chi connectivity index (χ0n) is 10.6. The first-order valence-corrected chi connectivity index (χ1v) is 7.43. The third-order valence-electron chi connectivity index (χ3n) is 2.88. The SMILES string of the molecule is CN(C)C(c1cccc(CN)c1)c1ccc(Br)s1. The first-order valence-electron chi connectivity index (χ1n) is 5.82. The summed E-state index contributed by atoms with van der Waals surface area (Å²) in [6.07, 6.45) is 0. The monoisotopic (exact) mass is 324 g/mol. The Morgan fingerprint density at radius 3 is 2.61 bits per heavy atom. The summed E-state index contributed by atoms with van der Waals surface area (Å²) < 4.78 is 1.17. The lowest BCUT2D eigenvalue weighted by Gasteiger charge is -2.24. The molecule has 0 aliphatic carbocycles. The average Bonchev–Trinajstić information content (AvgIpc) is 2.75. The summed E-state index contributed by atoms with van der Waals surface area (Å²) in [5, 5.41) is 0. The molecule has 0 amide bonds. The van der Waals surface area contributed by atoms with Crippen LogP contribution in [0.25, 0.3) is 0 Å². The summed E-state index contributed by atoms with van der Waals surface area (Å²) in [6.45, 7) is 0.585. The van der Waals surface area contributed by atoms with E-state index in [4.69, 9.17) is 5.73 Å². The van der Waals surface area contributed by atoms with Crippen molar-refractivity contribution in [2.75, 3.05) is 14.1 Å². The number of hydrogen-bond donors (Lipinski definition) is 1. The van der Waals surface area contributed by atoms with Crippen LogP contribution in [0.1, 0.15) is 22.0 Å². The Hall–Kier alpha value is -0.680. The summed E-state index contributed by atoms with van der Waals surface area (Å²) in [6, 6.07) is 13.1. The van der Waals surface area contributed by atoms with Crippen LogP contribution in [0.15, 0.2) is 40.2 Å². The molecule has 4 heteroatoms. The molecule has 0 saturated heterocycles. The molecule has 0 radical (unpaired) electrons. The molecule has 2 aromatic rings. The molecule has 1 heterocycles. The quantitative estimate of drug-likeness (QED) is 0.930. The first kappa shape index (κ1) is 13.7. The van der Waals surface area contributed by atoms with Gasteiger partial charge in [0.25, 0.3) is 0 Å². The van der Waals surface area contributed by atoms with Gasteiger partial charge in [-0.15, -0.1) is 11.3 Å². The number of nitrogens with zero attached hydrogens (tertiary/aromatic N) is 1. The van der Waals surface area contributed by atoms with Gasteiger partial charge in [0, 0.05) is 11.4 Å². The molecule has 0 bridgehead atoms. The van der Waals surface area contributed by atoms with Gasteiger partial charge in [-0.2, -0.15) is 0 Å². The lowest BCUT2D eigenvalue weighted by atomic mass is 10.0. The van der Waals surface area contributed by atoms with E-state index in [-0.39, 0.29) is 6.04 Å². The molecule has 2 N–H and O–H groups in total. The summed E-state index contributed by atoms with van der Waals surface area (Å²) in [5.41, 5.74) is 8.18. The Balaban J connectivity index is 2.41. The van der Waals surface area contributed by atoms with Crippen molar-refractivity contribution in [3.8, 4) is 0 Å². The predicted octanol–water partition coefficient (Wildman–Crippen LogP) is 3.62. The van der Waals surface area contributed by atoms with Crippen molar-refractivity contribution in [3.05, 3.63) is 56.2 Å². The molecule has 1 aromatic heterocycles. The minimum atomic E-state index is 0.285. The summed E-state index contributed by atoms with van der Waals surface area (Å²) in [5.74, 6) is 0. The van der Waals surface area contributed by atoms with Crippen molar-refractivity contribution in [2.45, 2.75) is 12.6 Å². The van der Waals surface area contributed by atoms with Crippen LogP contribution in [0, 0.1) is 0 Å². The van der Waals surface area contributed by atoms with Crippen molar-refractivity contribution in [2.24, 2.45) is 5.73 Å². The van der Waals surface area contributed by atoms with Gasteiger partial charge in [0.05, 0.1) is 9.83 Å². The van der Waals surface area contributed by atoms with Gasteiger partial charge in [-0.25, -0.2) is 0 Å². The molecular weight excluding hydrogens is 308 g/mol. The molecular formula is C14H17BrN2S. The second kappa shape index (κ2) is 5.97. The van der Waals surface area contributed by atoms with Crippen LogP contribution in [0.4, 0.5) is 0 Å². The van der Waals surface area contributed by atoms with Crippen molar-refractivity contribution < 1.29 is 0 Å². The van der Waals surface area contributed by atoms with Crippen LogP contribution in [-0.2, 0) is 6.54 Å². The Bertz CT molecular complexity index is 522. The highest BCUT2D eigenvalue weighted by Crippen LogP contribution is 2.34. The number of thiophene rings is 1. The van der Waals surface area contributed by atoms with Crippen LogP contribution < -0.4 is 5.73 Å². The summed E-state index contributed by atoms with van der Waals surface area (Å²) in [7, 11) is 4.21. The molecule has 1 unspecified atom stereocenters. The van der Waals surface area contributed by atoms with Crippen LogP contribution in [0.5, 0.6) is 0 Å². The summed E-state index contributed by atoms with van der Waals surface area (Å²) in [4.78, 5) is 3.56. The zero-order chi connectivity index (χ0) is 13.1. The molecule has 2 nitrogen and oxygen atoms in total. The molecule has 0 aliphatic heterocycles. The van der Waals surface area contributed by atoms with Crippen molar-refractivity contribution in [1.29, 1.82) is 0 Å². The van der Waals surface area contributed by atoms with Crippen LogP contribution in [0.3, 0.4) is 0 Å². The fourth-order valence-corrected chi connectivity index (χ4v) is 3.73. The van der Waals surface area contributed by atoms with Gasteiger partial charge in [-0.3, -0.25) is 4.90 Å². The second-order valence-corrected chi connectivity index (χ2v) is 6.95. The minimum absolute atomic E-state index is 0.285. The lowest BCUT2D eigenvalue weighted by molar-refractivity contribution is 0.346. The van der Waals surface area contributed by atoms with E-state index in [9.17, 15) is 0 Å². The van der Waals surface area contributed by atoms with Crippen molar-refractivity contribution in [1.82, 2.24) is 4.90 Å². The number of hydrogen-bond acceptors (Lipinski definition) is 3. The predicted molar refractivity (Wildman–Crippen MR) is 81.9 cm³/mol. The van der Waals surface area contributed by atoms with Crippen LogP contribution in [-0.4, -0.2) is 19.0 Å². The van der Waals surface area contributed by atoms with E-state index in [1.165, 1.54) is 19.8 Å². The summed E-state index contributed by atoms with van der Waals surface area (Å²) >= 11 is 5.31. The number of benzene rings is 1. The zero-order valence-corrected chi connectivity index (χ0v) is 13.0. The van der Waals surface area contributed by atoms with Gasteiger partial charge in [0.15, 0.2) is 0 Å². The normalized spacial score (nSPS) is 12.9. The minimum Gasteiger partial charge on any atom is -0.326 e. The molecule has 0 aliphatic rings. The fraction of sp³-hybridized carbons (Fsp3) is 0.286. The molecule has 0 spiro atoms. The van der Waals surface area contributed by atoms with Gasteiger partial charge < -0.3 is 5.73 Å².